The van der Waals surface area contributed by atoms with Crippen LogP contribution in [0.2, 0.25) is 0 Å². The summed E-state index contributed by atoms with van der Waals surface area (Å²) in [5.41, 5.74) is -0.701. The fourth-order valence-corrected chi connectivity index (χ4v) is 2.10. The summed E-state index contributed by atoms with van der Waals surface area (Å²) < 4.78 is 48.7. The highest BCUT2D eigenvalue weighted by molar-refractivity contribution is 5.85. The van der Waals surface area contributed by atoms with Crippen LogP contribution in [0.5, 0.6) is 5.75 Å². The van der Waals surface area contributed by atoms with Gasteiger partial charge in [-0.25, -0.2) is 0 Å². The molecule has 1 heterocycles. The van der Waals surface area contributed by atoms with Crippen molar-refractivity contribution in [2.45, 2.75) is 24.8 Å². The second kappa shape index (κ2) is 7.15. The maximum absolute atomic E-state index is 12.6. The third-order valence-corrected chi connectivity index (χ3v) is 3.12. The van der Waals surface area contributed by atoms with Crippen LogP contribution in [-0.4, -0.2) is 32.4 Å². The molecule has 0 aromatic heterocycles. The molecule has 0 aliphatic carbocycles. The second-order valence-electron chi connectivity index (χ2n) is 4.45. The Morgan fingerprint density at radius 3 is 2.65 bits per heavy atom. The van der Waals surface area contributed by atoms with E-state index in [9.17, 15) is 13.2 Å². The van der Waals surface area contributed by atoms with Crippen molar-refractivity contribution in [1.29, 1.82) is 0 Å². The normalized spacial score (nSPS) is 23.0. The summed E-state index contributed by atoms with van der Waals surface area (Å²) in [5.74, 6) is 0.226. The molecule has 1 saturated heterocycles. The largest absolute Gasteiger partial charge is 0.488 e. The molecule has 0 bridgehead atoms. The van der Waals surface area contributed by atoms with Crippen molar-refractivity contribution in [2.75, 3.05) is 20.2 Å². The van der Waals surface area contributed by atoms with Gasteiger partial charge in [-0.05, 0) is 31.2 Å². The van der Waals surface area contributed by atoms with Gasteiger partial charge in [0.1, 0.15) is 18.0 Å². The Bertz CT molecular complexity index is 428. The molecule has 0 unspecified atom stereocenters. The third kappa shape index (κ3) is 4.26. The van der Waals surface area contributed by atoms with Crippen LogP contribution in [0.3, 0.4) is 0 Å². The van der Waals surface area contributed by atoms with Crippen LogP contribution >= 0.6 is 12.4 Å². The second-order valence-corrected chi connectivity index (χ2v) is 4.45. The number of hydrogen-bond acceptors (Lipinski definition) is 3. The van der Waals surface area contributed by atoms with Crippen molar-refractivity contribution in [3.63, 3.8) is 0 Å². The first kappa shape index (κ1) is 17.1. The van der Waals surface area contributed by atoms with E-state index in [0.717, 1.165) is 18.7 Å². The van der Waals surface area contributed by atoms with Crippen molar-refractivity contribution < 1.29 is 22.6 Å². The van der Waals surface area contributed by atoms with Crippen LogP contribution in [0.1, 0.15) is 12.0 Å². The zero-order chi connectivity index (χ0) is 13.9. The molecule has 1 aliphatic heterocycles. The minimum absolute atomic E-state index is 0. The van der Waals surface area contributed by atoms with Gasteiger partial charge in [-0.1, -0.05) is 6.07 Å². The highest BCUT2D eigenvalue weighted by Gasteiger charge is 2.31. The molecule has 114 valence electrons. The van der Waals surface area contributed by atoms with E-state index in [2.05, 4.69) is 5.32 Å². The van der Waals surface area contributed by atoms with Gasteiger partial charge in [0.15, 0.2) is 0 Å². The molecule has 0 saturated carbocycles. The molecule has 20 heavy (non-hydrogen) atoms. The summed E-state index contributed by atoms with van der Waals surface area (Å²) >= 11 is 0. The Morgan fingerprint density at radius 2 is 2.00 bits per heavy atom. The van der Waals surface area contributed by atoms with Crippen molar-refractivity contribution in [2.24, 2.45) is 0 Å². The number of nitrogens with one attached hydrogen (secondary N) is 1. The van der Waals surface area contributed by atoms with Gasteiger partial charge in [0.05, 0.1) is 5.56 Å². The van der Waals surface area contributed by atoms with Gasteiger partial charge in [0.2, 0.25) is 0 Å². The lowest BCUT2D eigenvalue weighted by Crippen LogP contribution is -2.47. The first-order valence-electron chi connectivity index (χ1n) is 6.08. The maximum Gasteiger partial charge on any atom is 0.416 e. The number of methoxy groups -OCH3 is 1. The lowest BCUT2D eigenvalue weighted by Gasteiger charge is -2.31. The number of hydrogen-bond donors (Lipinski definition) is 1. The van der Waals surface area contributed by atoms with Crippen LogP contribution in [0.4, 0.5) is 13.2 Å². The van der Waals surface area contributed by atoms with Gasteiger partial charge in [0, 0.05) is 13.7 Å². The Kier molecular flexibility index (Phi) is 6.10. The van der Waals surface area contributed by atoms with E-state index in [-0.39, 0.29) is 30.4 Å². The predicted molar refractivity (Wildman–Crippen MR) is 71.4 cm³/mol. The quantitative estimate of drug-likeness (QED) is 0.931. The average molecular weight is 312 g/mol. The van der Waals surface area contributed by atoms with Crippen LogP contribution in [0, 0.1) is 0 Å². The molecule has 1 aliphatic rings. The van der Waals surface area contributed by atoms with Crippen LogP contribution < -0.4 is 10.1 Å². The van der Waals surface area contributed by atoms with Gasteiger partial charge in [-0.15, -0.1) is 12.4 Å². The SMILES string of the molecule is CO[C@H]1CNCC[C@@H]1Oc1cccc(C(F)(F)F)c1.Cl. The lowest BCUT2D eigenvalue weighted by molar-refractivity contribution is -0.137. The minimum Gasteiger partial charge on any atom is -0.488 e. The molecule has 1 aromatic rings. The molecule has 1 aromatic carbocycles. The number of piperidine rings is 1. The topological polar surface area (TPSA) is 30.5 Å². The molecular weight excluding hydrogens is 295 g/mol. The smallest absolute Gasteiger partial charge is 0.416 e. The monoisotopic (exact) mass is 311 g/mol. The van der Waals surface area contributed by atoms with E-state index < -0.39 is 11.7 Å². The van der Waals surface area contributed by atoms with Gasteiger partial charge >= 0.3 is 6.18 Å². The Balaban J connectivity index is 0.00000200. The Labute approximate surface area is 121 Å². The number of benzene rings is 1. The van der Waals surface area contributed by atoms with Gasteiger partial charge in [0.25, 0.3) is 0 Å². The molecule has 2 rings (SSSR count). The van der Waals surface area contributed by atoms with Crippen LogP contribution in [-0.2, 0) is 10.9 Å². The number of halogens is 4. The first-order chi connectivity index (χ1) is 9.00. The molecule has 0 radical (unpaired) electrons. The minimum atomic E-state index is -4.35. The van der Waals surface area contributed by atoms with Crippen molar-refractivity contribution in [1.82, 2.24) is 5.32 Å². The van der Waals surface area contributed by atoms with Gasteiger partial charge in [-0.2, -0.15) is 13.2 Å². The molecule has 3 nitrogen and oxygen atoms in total. The number of alkyl halides is 3. The summed E-state index contributed by atoms with van der Waals surface area (Å²) in [6.45, 7) is 1.41. The molecule has 0 amide bonds. The molecular formula is C13H17ClF3NO2. The van der Waals surface area contributed by atoms with Gasteiger partial charge in [-0.3, -0.25) is 0 Å². The number of ether oxygens (including phenoxy) is 2. The van der Waals surface area contributed by atoms with Crippen LogP contribution in [0.25, 0.3) is 0 Å². The zero-order valence-electron chi connectivity index (χ0n) is 10.9. The zero-order valence-corrected chi connectivity index (χ0v) is 11.8. The molecule has 1 N–H and O–H groups in total. The highest BCUT2D eigenvalue weighted by atomic mass is 35.5. The fraction of sp³-hybridized carbons (Fsp3) is 0.538. The Morgan fingerprint density at radius 1 is 1.25 bits per heavy atom. The van der Waals surface area contributed by atoms with E-state index in [1.165, 1.54) is 12.1 Å². The fourth-order valence-electron chi connectivity index (χ4n) is 2.10. The summed E-state index contributed by atoms with van der Waals surface area (Å²) in [6.07, 6.45) is -4.03. The third-order valence-electron chi connectivity index (χ3n) is 3.12. The van der Waals surface area contributed by atoms with Crippen molar-refractivity contribution in [3.8, 4) is 5.75 Å². The average Bonchev–Trinajstić information content (AvgIpc) is 2.39. The summed E-state index contributed by atoms with van der Waals surface area (Å²) in [6, 6.07) is 4.93. The van der Waals surface area contributed by atoms with E-state index in [0.29, 0.717) is 13.0 Å². The standard InChI is InChI=1S/C13H16F3NO2.ClH/c1-18-12-8-17-6-5-11(12)19-10-4-2-3-9(7-10)13(14,15)16;/h2-4,7,11-12,17H,5-6,8H2,1H3;1H/t11-,12-;/m0./s1. The van der Waals surface area contributed by atoms with E-state index in [4.69, 9.17) is 9.47 Å². The predicted octanol–water partition coefficient (Wildman–Crippen LogP) is 2.88. The molecule has 7 heteroatoms. The Hall–Kier alpha value is -0.980. The molecule has 1 fully saturated rings. The van der Waals surface area contributed by atoms with Gasteiger partial charge < -0.3 is 14.8 Å². The highest BCUT2D eigenvalue weighted by Crippen LogP contribution is 2.31. The van der Waals surface area contributed by atoms with E-state index in [1.807, 2.05) is 0 Å². The van der Waals surface area contributed by atoms with Crippen LogP contribution in [0.15, 0.2) is 24.3 Å². The lowest BCUT2D eigenvalue weighted by atomic mass is 10.1. The van der Waals surface area contributed by atoms with E-state index in [1.54, 1.807) is 7.11 Å². The first-order valence-corrected chi connectivity index (χ1v) is 6.08. The summed E-state index contributed by atoms with van der Waals surface area (Å²) in [5, 5.41) is 3.15. The van der Waals surface area contributed by atoms with E-state index >= 15 is 0 Å². The summed E-state index contributed by atoms with van der Waals surface area (Å²) in [4.78, 5) is 0. The molecule has 2 atom stereocenters. The maximum atomic E-state index is 12.6. The van der Waals surface area contributed by atoms with Crippen molar-refractivity contribution >= 4 is 12.4 Å². The number of rotatable bonds is 3. The van der Waals surface area contributed by atoms with Crippen molar-refractivity contribution in [3.05, 3.63) is 29.8 Å². The molecule has 0 spiro atoms. The summed E-state index contributed by atoms with van der Waals surface area (Å²) in [7, 11) is 1.57.